The summed E-state index contributed by atoms with van der Waals surface area (Å²) in [4.78, 5) is 4.42. The molecule has 0 saturated heterocycles. The monoisotopic (exact) mass is 239 g/mol. The minimum absolute atomic E-state index is 0.143. The average Bonchev–Trinajstić information content (AvgIpc) is 2.68. The van der Waals surface area contributed by atoms with E-state index in [-0.39, 0.29) is 6.61 Å². The Hall–Kier alpha value is -0.900. The number of hydrogen-bond donors (Lipinski definition) is 1. The van der Waals surface area contributed by atoms with E-state index in [4.69, 9.17) is 16.7 Å². The van der Waals surface area contributed by atoms with E-state index in [0.29, 0.717) is 6.42 Å². The van der Waals surface area contributed by atoms with Crippen molar-refractivity contribution < 1.29 is 5.11 Å². The highest BCUT2D eigenvalue weighted by atomic mass is 35.5. The van der Waals surface area contributed by atoms with Gasteiger partial charge in [0.05, 0.1) is 5.69 Å². The fourth-order valence-electron chi connectivity index (χ4n) is 1.26. The molecule has 0 aliphatic heterocycles. The number of aliphatic hydroxyl groups is 1. The predicted octanol–water partition coefficient (Wildman–Crippen LogP) is 3.00. The molecule has 0 aliphatic carbocycles. The Morgan fingerprint density at radius 2 is 2.00 bits per heavy atom. The molecule has 1 aromatic heterocycles. The summed E-state index contributed by atoms with van der Waals surface area (Å²) in [5, 5.41) is 12.5. The minimum Gasteiger partial charge on any atom is -0.396 e. The summed E-state index contributed by atoms with van der Waals surface area (Å²) in [5.41, 5.74) is 2.00. The number of hydrogen-bond acceptors (Lipinski definition) is 3. The second kappa shape index (κ2) is 4.75. The van der Waals surface area contributed by atoms with E-state index < -0.39 is 0 Å². The van der Waals surface area contributed by atoms with Crippen LogP contribution in [0.5, 0.6) is 0 Å². The molecule has 2 rings (SSSR count). The van der Waals surface area contributed by atoms with E-state index in [1.54, 1.807) is 11.3 Å². The third-order valence-electron chi connectivity index (χ3n) is 2.01. The lowest BCUT2D eigenvalue weighted by molar-refractivity contribution is 0.298. The van der Waals surface area contributed by atoms with Crippen molar-refractivity contribution in [2.24, 2.45) is 0 Å². The highest BCUT2D eigenvalue weighted by Crippen LogP contribution is 2.25. The van der Waals surface area contributed by atoms with Gasteiger partial charge in [-0.05, 0) is 12.1 Å². The van der Waals surface area contributed by atoms with Gasteiger partial charge in [0.2, 0.25) is 0 Å². The van der Waals surface area contributed by atoms with Crippen molar-refractivity contribution in [2.75, 3.05) is 6.61 Å². The molecular formula is C11H10ClNOS. The molecule has 0 atom stereocenters. The number of thiazole rings is 1. The van der Waals surface area contributed by atoms with Gasteiger partial charge in [0.15, 0.2) is 0 Å². The van der Waals surface area contributed by atoms with E-state index in [9.17, 15) is 0 Å². The maximum Gasteiger partial charge on any atom is 0.123 e. The normalized spacial score (nSPS) is 10.5. The molecule has 0 unspecified atom stereocenters. The van der Waals surface area contributed by atoms with Gasteiger partial charge in [-0.1, -0.05) is 23.7 Å². The number of rotatable bonds is 3. The van der Waals surface area contributed by atoms with Crippen LogP contribution in [0.4, 0.5) is 0 Å². The molecule has 0 fully saturated rings. The number of benzene rings is 1. The van der Waals surface area contributed by atoms with Crippen LogP contribution in [0.1, 0.15) is 5.69 Å². The Morgan fingerprint density at radius 1 is 1.27 bits per heavy atom. The van der Waals surface area contributed by atoms with E-state index in [0.717, 1.165) is 21.3 Å². The molecule has 1 aromatic carbocycles. The van der Waals surface area contributed by atoms with Crippen molar-refractivity contribution in [2.45, 2.75) is 6.42 Å². The van der Waals surface area contributed by atoms with Gasteiger partial charge in [0, 0.05) is 29.0 Å². The highest BCUT2D eigenvalue weighted by Gasteiger charge is 2.03. The summed E-state index contributed by atoms with van der Waals surface area (Å²) in [6, 6.07) is 7.60. The number of nitrogens with zero attached hydrogens (tertiary/aromatic N) is 1. The lowest BCUT2D eigenvalue weighted by atomic mass is 10.2. The lowest BCUT2D eigenvalue weighted by Gasteiger charge is -1.95. The predicted molar refractivity (Wildman–Crippen MR) is 63.3 cm³/mol. The molecule has 15 heavy (non-hydrogen) atoms. The number of aromatic nitrogens is 1. The van der Waals surface area contributed by atoms with Crippen LogP contribution in [-0.2, 0) is 6.42 Å². The standard InChI is InChI=1S/C11H10ClNOS/c12-9-3-1-8(2-4-9)11-13-10(5-6-14)7-15-11/h1-4,7,14H,5-6H2. The van der Waals surface area contributed by atoms with Gasteiger partial charge in [-0.15, -0.1) is 11.3 Å². The first-order valence-corrected chi connectivity index (χ1v) is 5.86. The SMILES string of the molecule is OCCc1csc(-c2ccc(Cl)cc2)n1. The van der Waals surface area contributed by atoms with Gasteiger partial charge in [0.1, 0.15) is 5.01 Å². The third kappa shape index (κ3) is 2.56. The van der Waals surface area contributed by atoms with Gasteiger partial charge in [-0.3, -0.25) is 0 Å². The Labute approximate surface area is 97.2 Å². The molecule has 2 nitrogen and oxygen atoms in total. The summed E-state index contributed by atoms with van der Waals surface area (Å²) in [5.74, 6) is 0. The fraction of sp³-hybridized carbons (Fsp3) is 0.182. The second-order valence-corrected chi connectivity index (χ2v) is 4.42. The van der Waals surface area contributed by atoms with Crippen molar-refractivity contribution in [3.05, 3.63) is 40.4 Å². The van der Waals surface area contributed by atoms with Gasteiger partial charge in [-0.2, -0.15) is 0 Å². The maximum absolute atomic E-state index is 8.78. The van der Waals surface area contributed by atoms with Crippen molar-refractivity contribution in [1.29, 1.82) is 0 Å². The van der Waals surface area contributed by atoms with Gasteiger partial charge >= 0.3 is 0 Å². The van der Waals surface area contributed by atoms with Gasteiger partial charge < -0.3 is 5.11 Å². The Bertz CT molecular complexity index is 438. The fourth-order valence-corrected chi connectivity index (χ4v) is 2.25. The van der Waals surface area contributed by atoms with Gasteiger partial charge in [-0.25, -0.2) is 4.98 Å². The van der Waals surface area contributed by atoms with Crippen LogP contribution < -0.4 is 0 Å². The van der Waals surface area contributed by atoms with Crippen LogP contribution in [0.3, 0.4) is 0 Å². The molecule has 0 saturated carbocycles. The molecule has 0 radical (unpaired) electrons. The van der Waals surface area contributed by atoms with Crippen LogP contribution in [0.25, 0.3) is 10.6 Å². The topological polar surface area (TPSA) is 33.1 Å². The van der Waals surface area contributed by atoms with Crippen LogP contribution in [-0.4, -0.2) is 16.7 Å². The number of aliphatic hydroxyl groups excluding tert-OH is 1. The molecule has 1 N–H and O–H groups in total. The molecular weight excluding hydrogens is 230 g/mol. The summed E-state index contributed by atoms with van der Waals surface area (Å²) < 4.78 is 0. The van der Waals surface area contributed by atoms with Crippen LogP contribution in [0.2, 0.25) is 5.02 Å². The molecule has 1 heterocycles. The van der Waals surface area contributed by atoms with Crippen LogP contribution >= 0.6 is 22.9 Å². The minimum atomic E-state index is 0.143. The largest absolute Gasteiger partial charge is 0.396 e. The van der Waals surface area contributed by atoms with E-state index in [2.05, 4.69) is 4.98 Å². The van der Waals surface area contributed by atoms with Crippen LogP contribution in [0, 0.1) is 0 Å². The first kappa shape index (κ1) is 10.6. The highest BCUT2D eigenvalue weighted by molar-refractivity contribution is 7.13. The molecule has 0 bridgehead atoms. The third-order valence-corrected chi connectivity index (χ3v) is 3.20. The average molecular weight is 240 g/mol. The maximum atomic E-state index is 8.78. The zero-order valence-corrected chi connectivity index (χ0v) is 9.55. The quantitative estimate of drug-likeness (QED) is 0.893. The Kier molecular flexibility index (Phi) is 3.36. The zero-order valence-electron chi connectivity index (χ0n) is 7.98. The van der Waals surface area contributed by atoms with Crippen molar-refractivity contribution >= 4 is 22.9 Å². The van der Waals surface area contributed by atoms with Crippen LogP contribution in [0.15, 0.2) is 29.6 Å². The van der Waals surface area contributed by atoms with E-state index in [1.807, 2.05) is 29.6 Å². The van der Waals surface area contributed by atoms with E-state index in [1.165, 1.54) is 0 Å². The second-order valence-electron chi connectivity index (χ2n) is 3.12. The summed E-state index contributed by atoms with van der Waals surface area (Å²) in [7, 11) is 0. The first-order valence-electron chi connectivity index (χ1n) is 4.61. The molecule has 2 aromatic rings. The smallest absolute Gasteiger partial charge is 0.123 e. The first-order chi connectivity index (χ1) is 7.29. The Balaban J connectivity index is 2.25. The van der Waals surface area contributed by atoms with Crippen molar-refractivity contribution in [1.82, 2.24) is 4.98 Å². The summed E-state index contributed by atoms with van der Waals surface area (Å²) in [6.45, 7) is 0.143. The lowest BCUT2D eigenvalue weighted by Crippen LogP contribution is -1.90. The van der Waals surface area contributed by atoms with Gasteiger partial charge in [0.25, 0.3) is 0 Å². The van der Waals surface area contributed by atoms with Crippen molar-refractivity contribution in [3.63, 3.8) is 0 Å². The molecule has 78 valence electrons. The summed E-state index contributed by atoms with van der Waals surface area (Å²) in [6.07, 6.45) is 0.615. The van der Waals surface area contributed by atoms with Crippen molar-refractivity contribution in [3.8, 4) is 10.6 Å². The zero-order chi connectivity index (χ0) is 10.7. The summed E-state index contributed by atoms with van der Waals surface area (Å²) >= 11 is 7.39. The molecule has 0 amide bonds. The molecule has 0 spiro atoms. The Morgan fingerprint density at radius 3 is 2.67 bits per heavy atom. The molecule has 0 aliphatic rings. The number of halogens is 1. The molecule has 4 heteroatoms. The van der Waals surface area contributed by atoms with E-state index >= 15 is 0 Å².